The van der Waals surface area contributed by atoms with Gasteiger partial charge in [0.1, 0.15) is 5.82 Å². The largest absolute Gasteiger partial charge is 0.469 e. The molecule has 0 saturated heterocycles. The van der Waals surface area contributed by atoms with Gasteiger partial charge in [-0.15, -0.1) is 0 Å². The Morgan fingerprint density at radius 2 is 2.24 bits per heavy atom. The molecule has 0 bridgehead atoms. The smallest absolute Gasteiger partial charge is 0.308 e. The molecule has 21 heavy (non-hydrogen) atoms. The molecular formula is C16H17FN2O2. The summed E-state index contributed by atoms with van der Waals surface area (Å²) < 4.78 is 18.0. The first-order chi connectivity index (χ1) is 10.2. The zero-order chi connectivity index (χ0) is 14.8. The summed E-state index contributed by atoms with van der Waals surface area (Å²) in [6.07, 6.45) is 4.18. The second-order valence-corrected chi connectivity index (χ2v) is 5.39. The number of esters is 1. The van der Waals surface area contributed by atoms with E-state index in [-0.39, 0.29) is 23.7 Å². The third kappa shape index (κ3) is 2.82. The SMILES string of the molecule is COC(=O)[C@H]1CC[C@@H](Nc2ccnc3cc(F)ccc23)C1. The van der Waals surface area contributed by atoms with Crippen molar-refractivity contribution in [3.8, 4) is 0 Å². The Hall–Kier alpha value is -2.17. The van der Waals surface area contributed by atoms with E-state index in [0.717, 1.165) is 30.3 Å². The summed E-state index contributed by atoms with van der Waals surface area (Å²) >= 11 is 0. The Bertz CT molecular complexity index is 674. The molecule has 0 spiro atoms. The van der Waals surface area contributed by atoms with Crippen LogP contribution in [0.25, 0.3) is 10.9 Å². The summed E-state index contributed by atoms with van der Waals surface area (Å²) in [6.45, 7) is 0. The summed E-state index contributed by atoms with van der Waals surface area (Å²) in [4.78, 5) is 15.7. The van der Waals surface area contributed by atoms with Crippen molar-refractivity contribution in [1.29, 1.82) is 0 Å². The second kappa shape index (κ2) is 5.68. The van der Waals surface area contributed by atoms with Gasteiger partial charge in [0.25, 0.3) is 0 Å². The predicted octanol–water partition coefficient (Wildman–Crippen LogP) is 3.13. The van der Waals surface area contributed by atoms with E-state index >= 15 is 0 Å². The second-order valence-electron chi connectivity index (χ2n) is 5.39. The van der Waals surface area contributed by atoms with Crippen LogP contribution in [0.15, 0.2) is 30.5 Å². The van der Waals surface area contributed by atoms with Gasteiger partial charge in [-0.1, -0.05) is 0 Å². The van der Waals surface area contributed by atoms with Crippen LogP contribution in [0.3, 0.4) is 0 Å². The monoisotopic (exact) mass is 288 g/mol. The van der Waals surface area contributed by atoms with Crippen LogP contribution in [-0.4, -0.2) is 24.1 Å². The number of carbonyl (C=O) groups excluding carboxylic acids is 1. The number of pyridine rings is 1. The fraction of sp³-hybridized carbons (Fsp3) is 0.375. The summed E-state index contributed by atoms with van der Waals surface area (Å²) in [5.74, 6) is -0.460. The lowest BCUT2D eigenvalue weighted by Crippen LogP contribution is -2.19. The van der Waals surface area contributed by atoms with Gasteiger partial charge in [0, 0.05) is 29.4 Å². The Labute approximate surface area is 122 Å². The first-order valence-electron chi connectivity index (χ1n) is 7.06. The molecule has 0 amide bonds. The topological polar surface area (TPSA) is 51.2 Å². The maximum Gasteiger partial charge on any atom is 0.308 e. The number of benzene rings is 1. The van der Waals surface area contributed by atoms with E-state index in [1.165, 1.54) is 19.2 Å². The highest BCUT2D eigenvalue weighted by Gasteiger charge is 2.30. The van der Waals surface area contributed by atoms with Crippen molar-refractivity contribution in [2.45, 2.75) is 25.3 Å². The molecule has 1 saturated carbocycles. The number of carbonyl (C=O) groups is 1. The van der Waals surface area contributed by atoms with Crippen molar-refractivity contribution in [2.75, 3.05) is 12.4 Å². The Morgan fingerprint density at radius 3 is 3.05 bits per heavy atom. The minimum atomic E-state index is -0.293. The van der Waals surface area contributed by atoms with Gasteiger partial charge in [-0.2, -0.15) is 0 Å². The zero-order valence-electron chi connectivity index (χ0n) is 11.8. The normalized spacial score (nSPS) is 21.4. The predicted molar refractivity (Wildman–Crippen MR) is 78.5 cm³/mol. The highest BCUT2D eigenvalue weighted by atomic mass is 19.1. The zero-order valence-corrected chi connectivity index (χ0v) is 11.8. The molecule has 1 N–H and O–H groups in total. The lowest BCUT2D eigenvalue weighted by molar-refractivity contribution is -0.145. The molecule has 1 aromatic heterocycles. The van der Waals surface area contributed by atoms with Crippen molar-refractivity contribution < 1.29 is 13.9 Å². The molecule has 2 atom stereocenters. The average Bonchev–Trinajstić information content (AvgIpc) is 2.95. The van der Waals surface area contributed by atoms with Gasteiger partial charge < -0.3 is 10.1 Å². The van der Waals surface area contributed by atoms with Gasteiger partial charge in [0.2, 0.25) is 0 Å². The molecule has 110 valence electrons. The molecule has 5 heteroatoms. The van der Waals surface area contributed by atoms with Crippen molar-refractivity contribution in [2.24, 2.45) is 5.92 Å². The van der Waals surface area contributed by atoms with Crippen molar-refractivity contribution in [3.63, 3.8) is 0 Å². The van der Waals surface area contributed by atoms with Gasteiger partial charge in [0.15, 0.2) is 0 Å². The van der Waals surface area contributed by atoms with Crippen LogP contribution in [0, 0.1) is 11.7 Å². The van der Waals surface area contributed by atoms with E-state index in [9.17, 15) is 9.18 Å². The Balaban J connectivity index is 1.78. The van der Waals surface area contributed by atoms with E-state index in [2.05, 4.69) is 10.3 Å². The molecule has 1 aliphatic carbocycles. The fourth-order valence-corrected chi connectivity index (χ4v) is 2.96. The number of hydrogen-bond acceptors (Lipinski definition) is 4. The summed E-state index contributed by atoms with van der Waals surface area (Å²) in [7, 11) is 1.42. The number of halogens is 1. The van der Waals surface area contributed by atoms with Crippen molar-refractivity contribution >= 4 is 22.6 Å². The van der Waals surface area contributed by atoms with Crippen LogP contribution < -0.4 is 5.32 Å². The number of ether oxygens (including phenoxy) is 1. The van der Waals surface area contributed by atoms with Crippen molar-refractivity contribution in [3.05, 3.63) is 36.3 Å². The Kier molecular flexibility index (Phi) is 3.73. The summed E-state index contributed by atoms with van der Waals surface area (Å²) in [6, 6.07) is 6.69. The molecule has 2 aromatic rings. The lowest BCUT2D eigenvalue weighted by atomic mass is 10.1. The number of hydrogen-bond donors (Lipinski definition) is 1. The molecule has 3 rings (SSSR count). The molecule has 4 nitrogen and oxygen atoms in total. The van der Waals surface area contributed by atoms with E-state index in [4.69, 9.17) is 4.74 Å². The van der Waals surface area contributed by atoms with Crippen LogP contribution in [-0.2, 0) is 9.53 Å². The van der Waals surface area contributed by atoms with Crippen LogP contribution in [0.1, 0.15) is 19.3 Å². The quantitative estimate of drug-likeness (QED) is 0.882. The van der Waals surface area contributed by atoms with Crippen LogP contribution in [0.2, 0.25) is 0 Å². The standard InChI is InChI=1S/C16H17FN2O2/c1-21-16(20)10-2-4-12(8-10)19-14-6-7-18-15-9-11(17)3-5-13(14)15/h3,5-7,9-10,12H,2,4,8H2,1H3,(H,18,19)/t10-,12+/m0/s1. The van der Waals surface area contributed by atoms with E-state index in [0.29, 0.717) is 5.52 Å². The number of fused-ring (bicyclic) bond motifs is 1. The number of methoxy groups -OCH3 is 1. The number of nitrogens with zero attached hydrogens (tertiary/aromatic N) is 1. The van der Waals surface area contributed by atoms with E-state index in [1.807, 2.05) is 6.07 Å². The van der Waals surface area contributed by atoms with Crippen molar-refractivity contribution in [1.82, 2.24) is 4.98 Å². The highest BCUT2D eigenvalue weighted by Crippen LogP contribution is 2.31. The van der Waals surface area contributed by atoms with Crippen LogP contribution >= 0.6 is 0 Å². The lowest BCUT2D eigenvalue weighted by Gasteiger charge is -2.16. The number of aromatic nitrogens is 1. The minimum Gasteiger partial charge on any atom is -0.469 e. The molecule has 0 aliphatic heterocycles. The third-order valence-electron chi connectivity index (χ3n) is 4.03. The first-order valence-corrected chi connectivity index (χ1v) is 7.06. The molecular weight excluding hydrogens is 271 g/mol. The number of anilines is 1. The third-order valence-corrected chi connectivity index (χ3v) is 4.03. The highest BCUT2D eigenvalue weighted by molar-refractivity contribution is 5.91. The number of rotatable bonds is 3. The molecule has 1 fully saturated rings. The first kappa shape index (κ1) is 13.8. The molecule has 0 unspecified atom stereocenters. The van der Waals surface area contributed by atoms with Gasteiger partial charge in [-0.25, -0.2) is 4.39 Å². The minimum absolute atomic E-state index is 0.0296. The maximum atomic E-state index is 13.2. The van der Waals surface area contributed by atoms with Gasteiger partial charge in [-0.3, -0.25) is 9.78 Å². The van der Waals surface area contributed by atoms with Gasteiger partial charge >= 0.3 is 5.97 Å². The van der Waals surface area contributed by atoms with E-state index < -0.39 is 0 Å². The average molecular weight is 288 g/mol. The molecule has 1 aromatic carbocycles. The molecule has 1 aliphatic rings. The molecule has 1 heterocycles. The van der Waals surface area contributed by atoms with E-state index in [1.54, 1.807) is 12.3 Å². The van der Waals surface area contributed by atoms with Crippen LogP contribution in [0.4, 0.5) is 10.1 Å². The number of nitrogens with one attached hydrogen (secondary N) is 1. The summed E-state index contributed by atoms with van der Waals surface area (Å²) in [5.41, 5.74) is 1.55. The fourth-order valence-electron chi connectivity index (χ4n) is 2.96. The van der Waals surface area contributed by atoms with Gasteiger partial charge in [0.05, 0.1) is 18.5 Å². The van der Waals surface area contributed by atoms with Gasteiger partial charge in [-0.05, 0) is 37.5 Å². The van der Waals surface area contributed by atoms with Crippen LogP contribution in [0.5, 0.6) is 0 Å². The molecule has 0 radical (unpaired) electrons. The maximum absolute atomic E-state index is 13.2. The Morgan fingerprint density at radius 1 is 1.38 bits per heavy atom. The summed E-state index contributed by atoms with van der Waals surface area (Å²) in [5, 5.41) is 4.33.